The Bertz CT molecular complexity index is 950. The molecule has 138 valence electrons. The average molecular weight is 386 g/mol. The molecule has 0 aliphatic rings. The number of benzene rings is 2. The number of nitrogens with one attached hydrogen (secondary N) is 1. The van der Waals surface area contributed by atoms with Crippen LogP contribution in [0.2, 0.25) is 0 Å². The molecule has 2 rings (SSSR count). The molecule has 3 N–H and O–H groups in total. The Kier molecular flexibility index (Phi) is 5.79. The highest BCUT2D eigenvalue weighted by Crippen LogP contribution is 2.27. The molecule has 0 radical (unpaired) electrons. The maximum absolute atomic E-state index is 12.3. The lowest BCUT2D eigenvalue weighted by atomic mass is 10.2. The molecule has 0 aliphatic heterocycles. The van der Waals surface area contributed by atoms with E-state index in [0.717, 1.165) is 24.4 Å². The molecule has 0 saturated carbocycles. The number of nitrogens with zero attached hydrogens (tertiary/aromatic N) is 2. The summed E-state index contributed by atoms with van der Waals surface area (Å²) in [4.78, 5) is 9.83. The van der Waals surface area contributed by atoms with Crippen molar-refractivity contribution in [1.82, 2.24) is 0 Å². The summed E-state index contributed by atoms with van der Waals surface area (Å²) in [5, 5.41) is 19.7. The number of nitro benzene ring substituents is 1. The summed E-state index contributed by atoms with van der Waals surface area (Å²) in [7, 11) is -4.11. The number of sulfonamides is 1. The summed E-state index contributed by atoms with van der Waals surface area (Å²) in [6.45, 7) is -3.02. The van der Waals surface area contributed by atoms with Crippen LogP contribution in [0, 0.1) is 10.1 Å². The number of rotatable bonds is 7. The highest BCUT2D eigenvalue weighted by Gasteiger charge is 2.18. The van der Waals surface area contributed by atoms with Gasteiger partial charge >= 0.3 is 6.61 Å². The average Bonchev–Trinajstić information content (AvgIpc) is 2.55. The van der Waals surface area contributed by atoms with Gasteiger partial charge in [-0.3, -0.25) is 15.5 Å². The Hall–Kier alpha value is -3.12. The van der Waals surface area contributed by atoms with Crippen LogP contribution in [0.1, 0.15) is 5.56 Å². The monoisotopic (exact) mass is 386 g/mol. The van der Waals surface area contributed by atoms with Gasteiger partial charge in [0.2, 0.25) is 10.0 Å². The van der Waals surface area contributed by atoms with E-state index in [2.05, 4.69) is 15.3 Å². The number of nitrogens with two attached hydrogens (primary N) is 1. The second-order valence-electron chi connectivity index (χ2n) is 4.77. The van der Waals surface area contributed by atoms with E-state index in [1.807, 2.05) is 0 Å². The Morgan fingerprint density at radius 3 is 2.58 bits per heavy atom. The molecule has 0 fully saturated rings. The third-order valence-corrected chi connectivity index (χ3v) is 3.93. The summed E-state index contributed by atoms with van der Waals surface area (Å²) in [5.41, 5.74) is 1.85. The van der Waals surface area contributed by atoms with E-state index in [1.165, 1.54) is 18.2 Å². The third kappa shape index (κ3) is 4.94. The first-order valence-corrected chi connectivity index (χ1v) is 8.37. The third-order valence-electron chi connectivity index (χ3n) is 3.02. The van der Waals surface area contributed by atoms with Crippen molar-refractivity contribution in [2.24, 2.45) is 10.2 Å². The quantitative estimate of drug-likeness (QED) is 0.425. The van der Waals surface area contributed by atoms with Gasteiger partial charge in [0.1, 0.15) is 11.4 Å². The van der Waals surface area contributed by atoms with E-state index >= 15 is 0 Å². The fourth-order valence-corrected chi connectivity index (χ4v) is 2.43. The van der Waals surface area contributed by atoms with E-state index in [0.29, 0.717) is 0 Å². The molecule has 12 heteroatoms. The number of nitro groups is 1. The fourth-order valence-electron chi connectivity index (χ4n) is 1.90. The summed E-state index contributed by atoms with van der Waals surface area (Å²) >= 11 is 0. The smallest absolute Gasteiger partial charge is 0.387 e. The molecule has 26 heavy (non-hydrogen) atoms. The van der Waals surface area contributed by atoms with Crippen LogP contribution in [0.5, 0.6) is 5.75 Å². The van der Waals surface area contributed by atoms with Gasteiger partial charge in [0.25, 0.3) is 5.69 Å². The minimum atomic E-state index is -4.11. The fraction of sp³-hybridized carbons (Fsp3) is 0.0714. The second kappa shape index (κ2) is 7.84. The molecule has 0 saturated heterocycles. The van der Waals surface area contributed by atoms with Crippen molar-refractivity contribution in [3.8, 4) is 5.75 Å². The SMILES string of the molecule is NS(=O)(=O)c1ccc(N/N=C/c2ccccc2OC(F)F)c([N+](=O)[O-])c1. The van der Waals surface area contributed by atoms with Crippen molar-refractivity contribution < 1.29 is 26.9 Å². The van der Waals surface area contributed by atoms with Crippen LogP contribution >= 0.6 is 0 Å². The molecular formula is C14H12F2N4O5S. The first-order valence-electron chi connectivity index (χ1n) is 6.82. The number of halogens is 2. The molecule has 0 heterocycles. The molecule has 0 aromatic heterocycles. The normalized spacial score (nSPS) is 11.7. The summed E-state index contributed by atoms with van der Waals surface area (Å²) in [6.07, 6.45) is 1.12. The predicted molar refractivity (Wildman–Crippen MR) is 88.8 cm³/mol. The molecule has 0 atom stereocenters. The standard InChI is InChI=1S/C14H12F2N4O5S/c15-14(16)25-13-4-2-1-3-9(13)8-18-19-11-6-5-10(26(17,23)24)7-12(11)20(21)22/h1-8,14,19H,(H2,17,23,24)/b18-8+. The molecule has 0 bridgehead atoms. The number of hydrogen-bond acceptors (Lipinski definition) is 7. The zero-order valence-corrected chi connectivity index (χ0v) is 13.7. The number of alkyl halides is 2. The lowest BCUT2D eigenvalue weighted by molar-refractivity contribution is -0.384. The van der Waals surface area contributed by atoms with Crippen LogP contribution in [0.25, 0.3) is 0 Å². The minimum absolute atomic E-state index is 0.120. The van der Waals surface area contributed by atoms with Crippen molar-refractivity contribution in [2.75, 3.05) is 5.43 Å². The van der Waals surface area contributed by atoms with Gasteiger partial charge in [0, 0.05) is 11.6 Å². The topological polar surface area (TPSA) is 137 Å². The highest BCUT2D eigenvalue weighted by atomic mass is 32.2. The van der Waals surface area contributed by atoms with Crippen LogP contribution in [0.4, 0.5) is 20.2 Å². The first kappa shape index (κ1) is 19.2. The number of anilines is 1. The Labute approximate surface area is 146 Å². The van der Waals surface area contributed by atoms with Crippen LogP contribution in [-0.4, -0.2) is 26.2 Å². The maximum Gasteiger partial charge on any atom is 0.387 e. The minimum Gasteiger partial charge on any atom is -0.434 e. The zero-order chi connectivity index (χ0) is 19.3. The van der Waals surface area contributed by atoms with E-state index in [1.54, 1.807) is 6.07 Å². The van der Waals surface area contributed by atoms with Gasteiger partial charge in [0.05, 0.1) is 16.0 Å². The lowest BCUT2D eigenvalue weighted by Crippen LogP contribution is -2.12. The molecule has 0 unspecified atom stereocenters. The van der Waals surface area contributed by atoms with E-state index in [9.17, 15) is 27.3 Å². The highest BCUT2D eigenvalue weighted by molar-refractivity contribution is 7.89. The van der Waals surface area contributed by atoms with Crippen molar-refractivity contribution in [1.29, 1.82) is 0 Å². The number of hydrogen-bond donors (Lipinski definition) is 2. The zero-order valence-electron chi connectivity index (χ0n) is 12.9. The lowest BCUT2D eigenvalue weighted by Gasteiger charge is -2.07. The first-order chi connectivity index (χ1) is 12.2. The molecule has 0 spiro atoms. The molecular weight excluding hydrogens is 374 g/mol. The number of hydrazone groups is 1. The van der Waals surface area contributed by atoms with Gasteiger partial charge in [-0.25, -0.2) is 13.6 Å². The largest absolute Gasteiger partial charge is 0.434 e. The number of para-hydroxylation sites is 1. The second-order valence-corrected chi connectivity index (χ2v) is 6.33. The van der Waals surface area contributed by atoms with Crippen LogP contribution in [0.3, 0.4) is 0 Å². The van der Waals surface area contributed by atoms with Gasteiger partial charge in [-0.15, -0.1) is 0 Å². The van der Waals surface area contributed by atoms with E-state index < -0.39 is 32.1 Å². The molecule has 9 nitrogen and oxygen atoms in total. The Balaban J connectivity index is 2.27. The Morgan fingerprint density at radius 2 is 1.96 bits per heavy atom. The predicted octanol–water partition coefficient (Wildman–Crippen LogP) is 2.29. The van der Waals surface area contributed by atoms with Crippen molar-refractivity contribution in [3.05, 3.63) is 58.1 Å². The van der Waals surface area contributed by atoms with Gasteiger partial charge < -0.3 is 4.74 Å². The van der Waals surface area contributed by atoms with E-state index in [-0.39, 0.29) is 17.0 Å². The van der Waals surface area contributed by atoms with Crippen molar-refractivity contribution in [2.45, 2.75) is 11.5 Å². The summed E-state index contributed by atoms with van der Waals surface area (Å²) in [6, 6.07) is 8.74. The summed E-state index contributed by atoms with van der Waals surface area (Å²) < 4.78 is 51.6. The van der Waals surface area contributed by atoms with Crippen LogP contribution in [0.15, 0.2) is 52.5 Å². The molecule has 0 aliphatic carbocycles. The van der Waals surface area contributed by atoms with Crippen molar-refractivity contribution in [3.63, 3.8) is 0 Å². The van der Waals surface area contributed by atoms with Gasteiger partial charge in [-0.1, -0.05) is 12.1 Å². The Morgan fingerprint density at radius 1 is 1.27 bits per heavy atom. The summed E-state index contributed by atoms with van der Waals surface area (Å²) in [5.74, 6) is -0.132. The van der Waals surface area contributed by atoms with Crippen LogP contribution < -0.4 is 15.3 Å². The van der Waals surface area contributed by atoms with Gasteiger partial charge in [0.15, 0.2) is 0 Å². The van der Waals surface area contributed by atoms with Crippen molar-refractivity contribution >= 4 is 27.6 Å². The molecule has 0 amide bonds. The van der Waals surface area contributed by atoms with Gasteiger partial charge in [-0.05, 0) is 24.3 Å². The molecule has 2 aromatic rings. The van der Waals surface area contributed by atoms with Crippen LogP contribution in [-0.2, 0) is 10.0 Å². The molecule has 2 aromatic carbocycles. The van der Waals surface area contributed by atoms with Gasteiger partial charge in [-0.2, -0.15) is 13.9 Å². The number of primary sulfonamides is 1. The van der Waals surface area contributed by atoms with E-state index in [4.69, 9.17) is 5.14 Å². The number of ether oxygens (including phenoxy) is 1. The maximum atomic E-state index is 12.3.